The molecule has 2 aliphatic rings. The number of piperidine rings is 1. The highest BCUT2D eigenvalue weighted by atomic mass is 19.4. The molecule has 0 saturated carbocycles. The average Bonchev–Trinajstić information content (AvgIpc) is 3.11. The normalized spacial score (nSPS) is 18.9. The number of hydrogen-bond acceptors (Lipinski definition) is 10. The van der Waals surface area contributed by atoms with E-state index in [0.717, 1.165) is 6.07 Å². The fraction of sp³-hybridized carbons (Fsp3) is 0.478. The number of benzene rings is 1. The Hall–Kier alpha value is -4.05. The third kappa shape index (κ3) is 6.34. The summed E-state index contributed by atoms with van der Waals surface area (Å²) < 4.78 is 54.4. The molecule has 39 heavy (non-hydrogen) atoms. The van der Waals surface area contributed by atoms with E-state index in [0.29, 0.717) is 17.9 Å². The second kappa shape index (κ2) is 11.8. The molecule has 2 heterocycles. The Bertz CT molecular complexity index is 1190. The number of alkyl halides is 3. The van der Waals surface area contributed by atoms with Crippen LogP contribution in [0.4, 0.5) is 13.2 Å². The van der Waals surface area contributed by atoms with E-state index >= 15 is 0 Å². The van der Waals surface area contributed by atoms with E-state index < -0.39 is 71.2 Å². The van der Waals surface area contributed by atoms with E-state index in [1.54, 1.807) is 0 Å². The second-order valence-electron chi connectivity index (χ2n) is 8.59. The molecule has 16 heteroatoms. The van der Waals surface area contributed by atoms with Gasteiger partial charge in [0.25, 0.3) is 11.8 Å². The molecule has 0 aromatic heterocycles. The number of hydrogen-bond donors (Lipinski definition) is 3. The summed E-state index contributed by atoms with van der Waals surface area (Å²) in [6, 6.07) is 2.08. The third-order valence-electron chi connectivity index (χ3n) is 5.86. The van der Waals surface area contributed by atoms with E-state index in [4.69, 9.17) is 20.9 Å². The number of ether oxygens (including phenoxy) is 3. The summed E-state index contributed by atoms with van der Waals surface area (Å²) in [6.45, 7) is 0.428. The lowest BCUT2D eigenvalue weighted by Crippen LogP contribution is -2.55. The zero-order chi connectivity index (χ0) is 29.0. The summed E-state index contributed by atoms with van der Waals surface area (Å²) in [5.41, 5.74) is 9.90. The molecule has 212 valence electrons. The molecule has 0 radical (unpaired) electrons. The fourth-order valence-electron chi connectivity index (χ4n) is 4.00. The number of fused-ring (bicyclic) bond motifs is 1. The lowest BCUT2D eigenvalue weighted by atomic mass is 10.0. The van der Waals surface area contributed by atoms with Crippen LogP contribution >= 0.6 is 0 Å². The van der Waals surface area contributed by atoms with Crippen molar-refractivity contribution in [2.75, 3.05) is 19.8 Å². The van der Waals surface area contributed by atoms with E-state index in [-0.39, 0.29) is 38.0 Å². The number of carbonyl (C=O) groups excluding carboxylic acids is 6. The van der Waals surface area contributed by atoms with Gasteiger partial charge in [-0.2, -0.15) is 13.2 Å². The number of nitrogens with one attached hydrogen (secondary N) is 1. The fourth-order valence-corrected chi connectivity index (χ4v) is 4.00. The maximum absolute atomic E-state index is 13.3. The molecule has 5 amide bonds. The zero-order valence-electron chi connectivity index (χ0n) is 20.4. The molecule has 1 saturated heterocycles. The monoisotopic (exact) mass is 558 g/mol. The molecule has 0 aliphatic carbocycles. The smallest absolute Gasteiger partial charge is 0.443 e. The van der Waals surface area contributed by atoms with Crippen molar-refractivity contribution < 1.29 is 56.1 Å². The van der Waals surface area contributed by atoms with Gasteiger partial charge in [-0.1, -0.05) is 6.07 Å². The summed E-state index contributed by atoms with van der Waals surface area (Å²) in [5, 5.41) is 2.02. The minimum atomic E-state index is -5.53. The molecular formula is C23H25F3N4O9. The minimum Gasteiger partial charge on any atom is -0.443 e. The largest absolute Gasteiger partial charge is 0.491 e. The van der Waals surface area contributed by atoms with Gasteiger partial charge >= 0.3 is 23.8 Å². The summed E-state index contributed by atoms with van der Waals surface area (Å²) in [6.07, 6.45) is -6.26. The van der Waals surface area contributed by atoms with Gasteiger partial charge in [-0.15, -0.1) is 0 Å². The number of nitrogens with two attached hydrogens (primary N) is 2. The van der Waals surface area contributed by atoms with Crippen LogP contribution in [0.3, 0.4) is 0 Å². The van der Waals surface area contributed by atoms with Crippen LogP contribution in [0.25, 0.3) is 0 Å². The van der Waals surface area contributed by atoms with Gasteiger partial charge in [0, 0.05) is 26.1 Å². The lowest BCUT2D eigenvalue weighted by molar-refractivity contribution is -0.238. The van der Waals surface area contributed by atoms with Crippen LogP contribution in [0.15, 0.2) is 18.2 Å². The highest BCUT2D eigenvalue weighted by Crippen LogP contribution is 2.37. The van der Waals surface area contributed by atoms with Gasteiger partial charge in [-0.3, -0.25) is 34.2 Å². The number of imide groups is 2. The standard InChI is InChI=1S/C23H25F3N4O9/c24-23(25,26)21(36)39-22(20(28)35,8-2-10-37-11-3-9-27)38-14-5-1-4-12-16(14)19(34)30(18(12)33)13-6-7-15(31)29-17(13)32/h1,4-5,13H,2-3,6-11,27H2,(H2,28,35)(H,29,31,32). The molecule has 1 fully saturated rings. The number of amides is 5. The van der Waals surface area contributed by atoms with Gasteiger partial charge < -0.3 is 25.7 Å². The quantitative estimate of drug-likeness (QED) is 0.135. The van der Waals surface area contributed by atoms with Gasteiger partial charge in [-0.25, -0.2) is 4.79 Å². The van der Waals surface area contributed by atoms with Crippen LogP contribution in [0, 0.1) is 0 Å². The van der Waals surface area contributed by atoms with Gasteiger partial charge in [0.2, 0.25) is 11.8 Å². The van der Waals surface area contributed by atoms with Crippen LogP contribution in [-0.4, -0.2) is 78.2 Å². The number of halogens is 3. The first-order valence-corrected chi connectivity index (χ1v) is 11.7. The summed E-state index contributed by atoms with van der Waals surface area (Å²) >= 11 is 0. The first-order chi connectivity index (χ1) is 18.3. The second-order valence-corrected chi connectivity index (χ2v) is 8.59. The summed E-state index contributed by atoms with van der Waals surface area (Å²) in [7, 11) is 0. The number of carbonyl (C=O) groups is 6. The van der Waals surface area contributed by atoms with Crippen molar-refractivity contribution in [1.29, 1.82) is 0 Å². The predicted molar refractivity (Wildman–Crippen MR) is 122 cm³/mol. The van der Waals surface area contributed by atoms with Crippen LogP contribution in [0.1, 0.15) is 52.8 Å². The van der Waals surface area contributed by atoms with Crippen molar-refractivity contribution in [3.63, 3.8) is 0 Å². The predicted octanol–water partition coefficient (Wildman–Crippen LogP) is -0.101. The Morgan fingerprint density at radius 3 is 2.38 bits per heavy atom. The Labute approximate surface area is 218 Å². The summed E-state index contributed by atoms with van der Waals surface area (Å²) in [5.74, 6) is -11.6. The Morgan fingerprint density at radius 1 is 1.08 bits per heavy atom. The van der Waals surface area contributed by atoms with Crippen molar-refractivity contribution in [3.05, 3.63) is 29.3 Å². The zero-order valence-corrected chi connectivity index (χ0v) is 20.4. The lowest BCUT2D eigenvalue weighted by Gasteiger charge is -2.31. The van der Waals surface area contributed by atoms with Crippen molar-refractivity contribution >= 4 is 35.5 Å². The topological polar surface area (TPSA) is 197 Å². The molecule has 0 bridgehead atoms. The molecule has 2 unspecified atom stereocenters. The van der Waals surface area contributed by atoms with E-state index in [2.05, 4.69) is 4.74 Å². The maximum atomic E-state index is 13.3. The Balaban J connectivity index is 1.95. The SMILES string of the molecule is NCCCOCCCC(OC(=O)C(F)(F)F)(Oc1cccc2c1C(=O)N(C1CCC(=O)NC1=O)C2=O)C(N)=O. The van der Waals surface area contributed by atoms with E-state index in [9.17, 15) is 41.9 Å². The van der Waals surface area contributed by atoms with Gasteiger partial charge in [0.15, 0.2) is 0 Å². The third-order valence-corrected chi connectivity index (χ3v) is 5.86. The van der Waals surface area contributed by atoms with Crippen LogP contribution in [-0.2, 0) is 28.7 Å². The maximum Gasteiger partial charge on any atom is 0.491 e. The van der Waals surface area contributed by atoms with Crippen LogP contribution in [0.2, 0.25) is 0 Å². The highest BCUT2D eigenvalue weighted by molar-refractivity contribution is 6.24. The first kappa shape index (κ1) is 29.5. The molecule has 13 nitrogen and oxygen atoms in total. The molecule has 2 aliphatic heterocycles. The van der Waals surface area contributed by atoms with Crippen molar-refractivity contribution in [2.45, 2.75) is 50.1 Å². The van der Waals surface area contributed by atoms with Crippen molar-refractivity contribution in [1.82, 2.24) is 10.2 Å². The summed E-state index contributed by atoms with van der Waals surface area (Å²) in [4.78, 5) is 74.9. The molecule has 2 atom stereocenters. The van der Waals surface area contributed by atoms with Crippen LogP contribution in [0.5, 0.6) is 5.75 Å². The molecule has 3 rings (SSSR count). The van der Waals surface area contributed by atoms with Gasteiger partial charge in [0.05, 0.1) is 11.1 Å². The molecule has 5 N–H and O–H groups in total. The minimum absolute atomic E-state index is 0.102. The van der Waals surface area contributed by atoms with Crippen molar-refractivity contribution in [3.8, 4) is 5.75 Å². The number of esters is 1. The van der Waals surface area contributed by atoms with Gasteiger partial charge in [-0.05, 0) is 37.9 Å². The van der Waals surface area contributed by atoms with Crippen molar-refractivity contribution in [2.24, 2.45) is 11.5 Å². The molecule has 1 aromatic rings. The highest BCUT2D eigenvalue weighted by Gasteiger charge is 2.53. The van der Waals surface area contributed by atoms with E-state index in [1.807, 2.05) is 5.32 Å². The Morgan fingerprint density at radius 2 is 1.77 bits per heavy atom. The molecular weight excluding hydrogens is 533 g/mol. The van der Waals surface area contributed by atoms with Crippen LogP contribution < -0.4 is 21.5 Å². The molecule has 0 spiro atoms. The molecule has 1 aromatic carbocycles. The van der Waals surface area contributed by atoms with Gasteiger partial charge in [0.1, 0.15) is 11.8 Å². The number of nitrogens with zero attached hydrogens (tertiary/aromatic N) is 1. The average molecular weight is 558 g/mol. The Kier molecular flexibility index (Phi) is 8.91. The number of primary amides is 1. The van der Waals surface area contributed by atoms with E-state index in [1.165, 1.54) is 12.1 Å². The number of rotatable bonds is 12. The first-order valence-electron chi connectivity index (χ1n) is 11.7.